The van der Waals surface area contributed by atoms with Crippen LogP contribution in [0.5, 0.6) is 5.88 Å². The van der Waals surface area contributed by atoms with Gasteiger partial charge in [-0.05, 0) is 35.9 Å². The highest BCUT2D eigenvalue weighted by Crippen LogP contribution is 2.31. The number of ether oxygens (including phenoxy) is 1. The second-order valence-corrected chi connectivity index (χ2v) is 8.06. The van der Waals surface area contributed by atoms with Crippen molar-refractivity contribution < 1.29 is 4.74 Å². The van der Waals surface area contributed by atoms with Gasteiger partial charge in [0.2, 0.25) is 5.88 Å². The lowest BCUT2D eigenvalue weighted by molar-refractivity contribution is 0.398. The molecule has 6 aromatic rings. The fourth-order valence-corrected chi connectivity index (χ4v) is 4.42. The highest BCUT2D eigenvalue weighted by Gasteiger charge is 2.19. The molecule has 0 aliphatic heterocycles. The molecule has 6 rings (SSSR count). The van der Waals surface area contributed by atoms with Gasteiger partial charge >= 0.3 is 5.69 Å². The molecule has 0 N–H and O–H groups in total. The monoisotopic (exact) mass is 458 g/mol. The molecular weight excluding hydrogens is 440 g/mol. The minimum absolute atomic E-state index is 0.0899. The predicted octanol–water partition coefficient (Wildman–Crippen LogP) is 4.48. The Morgan fingerprint density at radius 1 is 0.914 bits per heavy atom. The van der Waals surface area contributed by atoms with Crippen LogP contribution in [0.2, 0.25) is 0 Å². The van der Waals surface area contributed by atoms with Crippen molar-refractivity contribution in [3.63, 3.8) is 0 Å². The molecule has 4 aromatic heterocycles. The maximum absolute atomic E-state index is 13.5. The highest BCUT2D eigenvalue weighted by atomic mass is 16.5. The second kappa shape index (κ2) is 8.08. The smallest absolute Gasteiger partial charge is 0.334 e. The predicted molar refractivity (Wildman–Crippen MR) is 134 cm³/mol. The number of imidazole rings is 1. The van der Waals surface area contributed by atoms with Crippen molar-refractivity contribution in [2.75, 3.05) is 7.11 Å². The van der Waals surface area contributed by atoms with Crippen LogP contribution in [-0.4, -0.2) is 31.2 Å². The molecule has 0 unspecified atom stereocenters. The van der Waals surface area contributed by atoms with E-state index >= 15 is 0 Å². The van der Waals surface area contributed by atoms with E-state index < -0.39 is 0 Å². The molecule has 0 amide bonds. The molecule has 0 fully saturated rings. The first-order valence-electron chi connectivity index (χ1n) is 10.9. The molecule has 0 saturated carbocycles. The lowest BCUT2D eigenvalue weighted by Crippen LogP contribution is -2.23. The fourth-order valence-electron chi connectivity index (χ4n) is 4.42. The van der Waals surface area contributed by atoms with Crippen LogP contribution in [-0.2, 0) is 6.54 Å². The zero-order valence-electron chi connectivity index (χ0n) is 18.7. The van der Waals surface area contributed by atoms with E-state index in [1.165, 1.54) is 11.7 Å². The summed E-state index contributed by atoms with van der Waals surface area (Å²) in [4.78, 5) is 26.9. The summed E-state index contributed by atoms with van der Waals surface area (Å²) in [5.41, 5.74) is 5.05. The van der Waals surface area contributed by atoms with Crippen LogP contribution in [0, 0.1) is 11.3 Å². The van der Waals surface area contributed by atoms with Gasteiger partial charge in [-0.3, -0.25) is 19.1 Å². The first-order valence-corrected chi connectivity index (χ1v) is 10.9. The molecular formula is C27H18N6O2. The molecule has 35 heavy (non-hydrogen) atoms. The summed E-state index contributed by atoms with van der Waals surface area (Å²) in [6.07, 6.45) is 5.07. The summed E-state index contributed by atoms with van der Waals surface area (Å²) < 4.78 is 8.17. The Hall–Kier alpha value is -5.03. The highest BCUT2D eigenvalue weighted by molar-refractivity contribution is 6.05. The van der Waals surface area contributed by atoms with E-state index in [1.807, 2.05) is 48.7 Å². The standard InChI is InChI=1S/C27H18N6O2/c1-35-25-9-7-20(15-31-25)33-26-21-13-17(19-12-18-4-2-3-5-22(18)29-14-19)6-8-23(21)30-16-24(26)32(11-10-28)27(33)34/h2-9,12-16H,11H2,1H3. The summed E-state index contributed by atoms with van der Waals surface area (Å²) in [5, 5.41) is 11.2. The second-order valence-electron chi connectivity index (χ2n) is 8.06. The molecule has 0 atom stereocenters. The quantitative estimate of drug-likeness (QED) is 0.386. The van der Waals surface area contributed by atoms with Crippen LogP contribution >= 0.6 is 0 Å². The van der Waals surface area contributed by atoms with Gasteiger partial charge in [-0.15, -0.1) is 0 Å². The third kappa shape index (κ3) is 3.30. The number of para-hydroxylation sites is 1. The van der Waals surface area contributed by atoms with Crippen LogP contribution in [0.15, 0.2) is 84.0 Å². The first kappa shape index (κ1) is 20.6. The minimum Gasteiger partial charge on any atom is -0.481 e. The van der Waals surface area contributed by atoms with Crippen LogP contribution in [0.4, 0.5) is 0 Å². The van der Waals surface area contributed by atoms with Crippen LogP contribution < -0.4 is 10.4 Å². The van der Waals surface area contributed by atoms with Crippen molar-refractivity contribution >= 4 is 32.8 Å². The molecule has 8 nitrogen and oxygen atoms in total. The number of pyridine rings is 3. The van der Waals surface area contributed by atoms with Crippen molar-refractivity contribution in [1.29, 1.82) is 5.26 Å². The lowest BCUT2D eigenvalue weighted by atomic mass is 10.0. The van der Waals surface area contributed by atoms with Crippen molar-refractivity contribution in [2.24, 2.45) is 0 Å². The van der Waals surface area contributed by atoms with Gasteiger partial charge in [0, 0.05) is 28.6 Å². The van der Waals surface area contributed by atoms with Crippen molar-refractivity contribution in [3.05, 3.63) is 89.7 Å². The summed E-state index contributed by atoms with van der Waals surface area (Å²) in [7, 11) is 1.54. The number of methoxy groups -OCH3 is 1. The van der Waals surface area contributed by atoms with Gasteiger partial charge in [-0.25, -0.2) is 9.78 Å². The number of aromatic nitrogens is 5. The van der Waals surface area contributed by atoms with Crippen molar-refractivity contribution in [2.45, 2.75) is 6.54 Å². The van der Waals surface area contributed by atoms with Crippen LogP contribution in [0.25, 0.3) is 49.7 Å². The van der Waals surface area contributed by atoms with E-state index in [2.05, 4.69) is 27.1 Å². The Morgan fingerprint density at radius 3 is 2.57 bits per heavy atom. The van der Waals surface area contributed by atoms with Gasteiger partial charge in [0.25, 0.3) is 0 Å². The molecule has 0 aliphatic rings. The zero-order chi connectivity index (χ0) is 23.9. The van der Waals surface area contributed by atoms with E-state index in [1.54, 1.807) is 29.1 Å². The Labute approximate surface area is 199 Å². The molecule has 168 valence electrons. The number of hydrogen-bond donors (Lipinski definition) is 0. The summed E-state index contributed by atoms with van der Waals surface area (Å²) in [6.45, 7) is -0.0899. The molecule has 0 radical (unpaired) electrons. The van der Waals surface area contributed by atoms with Crippen LogP contribution in [0.3, 0.4) is 0 Å². The van der Waals surface area contributed by atoms with Gasteiger partial charge in [0.05, 0.1) is 53.3 Å². The Morgan fingerprint density at radius 2 is 1.77 bits per heavy atom. The largest absolute Gasteiger partial charge is 0.481 e. The number of rotatable bonds is 4. The molecule has 0 spiro atoms. The molecule has 0 bridgehead atoms. The average Bonchev–Trinajstić information content (AvgIpc) is 3.20. The molecule has 0 saturated heterocycles. The Balaban J connectivity index is 1.65. The van der Waals surface area contributed by atoms with Crippen molar-refractivity contribution in [1.82, 2.24) is 24.1 Å². The number of nitrogens with zero attached hydrogens (tertiary/aromatic N) is 6. The lowest BCUT2D eigenvalue weighted by Gasteiger charge is -2.09. The Bertz CT molecular complexity index is 1850. The maximum atomic E-state index is 13.5. The van der Waals surface area contributed by atoms with E-state index in [0.29, 0.717) is 22.6 Å². The third-order valence-electron chi connectivity index (χ3n) is 6.10. The summed E-state index contributed by atoms with van der Waals surface area (Å²) >= 11 is 0. The van der Waals surface area contributed by atoms with Gasteiger partial charge in [-0.1, -0.05) is 24.3 Å². The topological polar surface area (TPSA) is 98.6 Å². The molecule has 8 heteroatoms. The molecule has 2 aromatic carbocycles. The summed E-state index contributed by atoms with van der Waals surface area (Å²) in [6, 6.07) is 21.6. The number of fused-ring (bicyclic) bond motifs is 4. The summed E-state index contributed by atoms with van der Waals surface area (Å²) in [5.74, 6) is 0.445. The zero-order valence-corrected chi connectivity index (χ0v) is 18.7. The minimum atomic E-state index is -0.333. The van der Waals surface area contributed by atoms with Crippen molar-refractivity contribution in [3.8, 4) is 28.8 Å². The average molecular weight is 458 g/mol. The normalized spacial score (nSPS) is 11.2. The SMILES string of the molecule is COc1ccc(-n2c(=O)n(CC#N)c3cnc4ccc(-c5cnc6ccccc6c5)cc4c32)cn1. The number of benzene rings is 2. The van der Waals surface area contributed by atoms with Gasteiger partial charge in [0.1, 0.15) is 6.54 Å². The van der Waals surface area contributed by atoms with E-state index in [-0.39, 0.29) is 12.2 Å². The number of hydrogen-bond acceptors (Lipinski definition) is 6. The molecule has 4 heterocycles. The maximum Gasteiger partial charge on any atom is 0.334 e. The fraction of sp³-hybridized carbons (Fsp3) is 0.0741. The van der Waals surface area contributed by atoms with E-state index in [4.69, 9.17) is 4.74 Å². The molecule has 0 aliphatic carbocycles. The van der Waals surface area contributed by atoms with Gasteiger partial charge < -0.3 is 4.74 Å². The Kier molecular flexibility index (Phi) is 4.75. The van der Waals surface area contributed by atoms with E-state index in [0.717, 1.165) is 32.9 Å². The first-order chi connectivity index (χ1) is 17.2. The van der Waals surface area contributed by atoms with Gasteiger partial charge in [0.15, 0.2) is 0 Å². The number of nitriles is 1. The third-order valence-corrected chi connectivity index (χ3v) is 6.10. The van der Waals surface area contributed by atoms with Crippen LogP contribution in [0.1, 0.15) is 0 Å². The van der Waals surface area contributed by atoms with Gasteiger partial charge in [-0.2, -0.15) is 5.26 Å². The van der Waals surface area contributed by atoms with E-state index in [9.17, 15) is 10.1 Å².